The summed E-state index contributed by atoms with van der Waals surface area (Å²) in [5.41, 5.74) is 1.09. The summed E-state index contributed by atoms with van der Waals surface area (Å²) in [6.45, 7) is 5.04. The smallest absolute Gasteiger partial charge is 0.249 e. The minimum absolute atomic E-state index is 0.257. The summed E-state index contributed by atoms with van der Waals surface area (Å²) in [4.78, 5) is 20.8. The number of ether oxygens (including phenoxy) is 1. The fourth-order valence-corrected chi connectivity index (χ4v) is 4.41. The number of aromatic nitrogens is 3. The Labute approximate surface area is 171 Å². The van der Waals surface area contributed by atoms with Gasteiger partial charge in [-0.05, 0) is 56.3 Å². The number of amides is 1. The summed E-state index contributed by atoms with van der Waals surface area (Å²) in [6.07, 6.45) is 8.24. The zero-order chi connectivity index (χ0) is 20.1. The third-order valence-electron chi connectivity index (χ3n) is 6.18. The molecule has 29 heavy (non-hydrogen) atoms. The predicted molar refractivity (Wildman–Crippen MR) is 107 cm³/mol. The number of hydrogen-bond acceptors (Lipinski definition) is 7. The SMILES string of the molecule is COCCCN1CC2(CCC1=O)CCN(Cc1nnc(-c3cccnc3)o1)CC2. The molecule has 2 aromatic rings. The summed E-state index contributed by atoms with van der Waals surface area (Å²) in [7, 11) is 1.71. The van der Waals surface area contributed by atoms with Crippen molar-refractivity contribution in [2.75, 3.05) is 39.9 Å². The van der Waals surface area contributed by atoms with Crippen LogP contribution < -0.4 is 0 Å². The number of carbonyl (C=O) groups is 1. The maximum Gasteiger partial charge on any atom is 0.249 e. The van der Waals surface area contributed by atoms with Crippen LogP contribution in [0.25, 0.3) is 11.5 Å². The normalized spacial score (nSPS) is 19.8. The van der Waals surface area contributed by atoms with Crippen molar-refractivity contribution in [3.63, 3.8) is 0 Å². The third-order valence-corrected chi connectivity index (χ3v) is 6.18. The highest BCUT2D eigenvalue weighted by atomic mass is 16.5. The molecule has 0 saturated carbocycles. The molecular formula is C21H29N5O3. The van der Waals surface area contributed by atoms with Gasteiger partial charge in [-0.2, -0.15) is 0 Å². The van der Waals surface area contributed by atoms with Crippen molar-refractivity contribution in [3.8, 4) is 11.5 Å². The fraction of sp³-hybridized carbons (Fsp3) is 0.619. The van der Waals surface area contributed by atoms with Crippen LogP contribution >= 0.6 is 0 Å². The van der Waals surface area contributed by atoms with Gasteiger partial charge in [0.2, 0.25) is 17.7 Å². The van der Waals surface area contributed by atoms with Gasteiger partial charge in [0.1, 0.15) is 0 Å². The number of piperidine rings is 2. The highest BCUT2D eigenvalue weighted by molar-refractivity contribution is 5.77. The van der Waals surface area contributed by atoms with E-state index in [0.29, 0.717) is 37.3 Å². The number of nitrogens with zero attached hydrogens (tertiary/aromatic N) is 5. The van der Waals surface area contributed by atoms with Crippen LogP contribution in [0, 0.1) is 5.41 Å². The molecule has 2 aliphatic rings. The molecule has 2 aromatic heterocycles. The summed E-state index contributed by atoms with van der Waals surface area (Å²) >= 11 is 0. The van der Waals surface area contributed by atoms with E-state index in [9.17, 15) is 4.79 Å². The van der Waals surface area contributed by atoms with Crippen molar-refractivity contribution in [3.05, 3.63) is 30.4 Å². The lowest BCUT2D eigenvalue weighted by Crippen LogP contribution is -2.51. The van der Waals surface area contributed by atoms with Gasteiger partial charge >= 0.3 is 0 Å². The van der Waals surface area contributed by atoms with Crippen molar-refractivity contribution in [1.82, 2.24) is 25.0 Å². The molecule has 2 fully saturated rings. The maximum atomic E-state index is 12.3. The van der Waals surface area contributed by atoms with Crippen molar-refractivity contribution in [2.45, 2.75) is 38.6 Å². The Morgan fingerprint density at radius 3 is 2.86 bits per heavy atom. The van der Waals surface area contributed by atoms with E-state index in [1.165, 1.54) is 0 Å². The van der Waals surface area contributed by atoms with Gasteiger partial charge in [0, 0.05) is 45.6 Å². The highest BCUT2D eigenvalue weighted by Crippen LogP contribution is 2.40. The third kappa shape index (κ3) is 4.82. The largest absolute Gasteiger partial charge is 0.419 e. The number of rotatable bonds is 7. The van der Waals surface area contributed by atoms with E-state index >= 15 is 0 Å². The first-order valence-corrected chi connectivity index (χ1v) is 10.4. The van der Waals surface area contributed by atoms with Crippen LogP contribution in [0.4, 0.5) is 0 Å². The lowest BCUT2D eigenvalue weighted by atomic mass is 9.72. The van der Waals surface area contributed by atoms with Crippen LogP contribution in [0.15, 0.2) is 28.9 Å². The standard InChI is InChI=1S/C21H29N5O3/c1-28-13-3-10-26-16-21(6-5-19(26)27)7-11-25(12-8-21)15-18-23-24-20(29-18)17-4-2-9-22-14-17/h2,4,9,14H,3,5-8,10-13,15-16H2,1H3. The van der Waals surface area contributed by atoms with E-state index in [-0.39, 0.29) is 5.41 Å². The fourth-order valence-electron chi connectivity index (χ4n) is 4.41. The first-order valence-electron chi connectivity index (χ1n) is 10.4. The van der Waals surface area contributed by atoms with Crippen LogP contribution in [0.3, 0.4) is 0 Å². The lowest BCUT2D eigenvalue weighted by molar-refractivity contribution is -0.139. The molecule has 1 amide bonds. The van der Waals surface area contributed by atoms with E-state index < -0.39 is 0 Å². The van der Waals surface area contributed by atoms with Gasteiger partial charge < -0.3 is 14.1 Å². The molecule has 0 radical (unpaired) electrons. The highest BCUT2D eigenvalue weighted by Gasteiger charge is 2.40. The molecule has 8 heteroatoms. The van der Waals surface area contributed by atoms with Crippen molar-refractivity contribution in [2.24, 2.45) is 5.41 Å². The minimum Gasteiger partial charge on any atom is -0.419 e. The molecule has 2 aliphatic heterocycles. The summed E-state index contributed by atoms with van der Waals surface area (Å²) in [6, 6.07) is 3.77. The van der Waals surface area contributed by atoms with Crippen LogP contribution in [-0.2, 0) is 16.1 Å². The van der Waals surface area contributed by atoms with Crippen LogP contribution in [0.1, 0.15) is 38.0 Å². The second-order valence-corrected chi connectivity index (χ2v) is 8.18. The van der Waals surface area contributed by atoms with E-state index in [4.69, 9.17) is 9.15 Å². The second kappa shape index (κ2) is 9.00. The first-order chi connectivity index (χ1) is 14.2. The van der Waals surface area contributed by atoms with Gasteiger partial charge in [0.15, 0.2) is 0 Å². The molecule has 156 valence electrons. The first kappa shape index (κ1) is 20.0. The molecular weight excluding hydrogens is 370 g/mol. The van der Waals surface area contributed by atoms with E-state index in [1.807, 2.05) is 12.1 Å². The number of methoxy groups -OCH3 is 1. The average Bonchev–Trinajstić information content (AvgIpc) is 3.22. The zero-order valence-corrected chi connectivity index (χ0v) is 17.0. The molecule has 2 saturated heterocycles. The van der Waals surface area contributed by atoms with Crippen LogP contribution in [-0.4, -0.2) is 70.8 Å². The molecule has 1 spiro atoms. The Morgan fingerprint density at radius 2 is 2.10 bits per heavy atom. The van der Waals surface area contributed by atoms with Crippen molar-refractivity contribution in [1.29, 1.82) is 0 Å². The van der Waals surface area contributed by atoms with Crippen molar-refractivity contribution >= 4 is 5.91 Å². The van der Waals surface area contributed by atoms with Gasteiger partial charge in [-0.25, -0.2) is 0 Å². The van der Waals surface area contributed by atoms with Gasteiger partial charge in [0.25, 0.3) is 0 Å². The van der Waals surface area contributed by atoms with Gasteiger partial charge in [-0.15, -0.1) is 10.2 Å². The predicted octanol–water partition coefficient (Wildman–Crippen LogP) is 2.37. The number of hydrogen-bond donors (Lipinski definition) is 0. The molecule has 0 atom stereocenters. The Morgan fingerprint density at radius 1 is 1.24 bits per heavy atom. The molecule has 8 nitrogen and oxygen atoms in total. The molecule has 0 unspecified atom stereocenters. The summed E-state index contributed by atoms with van der Waals surface area (Å²) < 4.78 is 11.0. The molecule has 0 aliphatic carbocycles. The number of pyridine rings is 1. The van der Waals surface area contributed by atoms with E-state index in [1.54, 1.807) is 19.5 Å². The molecule has 4 heterocycles. The van der Waals surface area contributed by atoms with Crippen molar-refractivity contribution < 1.29 is 13.9 Å². The average molecular weight is 399 g/mol. The molecule has 0 N–H and O–H groups in total. The van der Waals surface area contributed by atoms with E-state index in [0.717, 1.165) is 57.4 Å². The maximum absolute atomic E-state index is 12.3. The van der Waals surface area contributed by atoms with Gasteiger partial charge in [0.05, 0.1) is 12.1 Å². The Balaban J connectivity index is 1.30. The van der Waals surface area contributed by atoms with Crippen LogP contribution in [0.5, 0.6) is 0 Å². The van der Waals surface area contributed by atoms with Crippen LogP contribution in [0.2, 0.25) is 0 Å². The molecule has 0 bridgehead atoms. The van der Waals surface area contributed by atoms with Gasteiger partial charge in [-0.3, -0.25) is 14.7 Å². The molecule has 4 rings (SSSR count). The Kier molecular flexibility index (Phi) is 6.20. The Bertz CT molecular complexity index is 802. The topological polar surface area (TPSA) is 84.6 Å². The van der Waals surface area contributed by atoms with Gasteiger partial charge in [-0.1, -0.05) is 0 Å². The lowest BCUT2D eigenvalue weighted by Gasteiger charge is -2.47. The quantitative estimate of drug-likeness (QED) is 0.661. The minimum atomic E-state index is 0.257. The number of carbonyl (C=O) groups excluding carboxylic acids is 1. The zero-order valence-electron chi connectivity index (χ0n) is 17.0. The number of likely N-dealkylation sites (tertiary alicyclic amines) is 2. The summed E-state index contributed by atoms with van der Waals surface area (Å²) in [5, 5.41) is 8.35. The Hall–Kier alpha value is -2.32. The second-order valence-electron chi connectivity index (χ2n) is 8.18. The monoisotopic (exact) mass is 399 g/mol. The van der Waals surface area contributed by atoms with E-state index in [2.05, 4.69) is 25.0 Å². The summed E-state index contributed by atoms with van der Waals surface area (Å²) in [5.74, 6) is 1.45. The molecule has 0 aromatic carbocycles.